The lowest BCUT2D eigenvalue weighted by molar-refractivity contribution is -0.128. The van der Waals surface area contributed by atoms with Crippen molar-refractivity contribution in [1.29, 1.82) is 0 Å². The summed E-state index contributed by atoms with van der Waals surface area (Å²) < 4.78 is 26.5. The molecule has 0 radical (unpaired) electrons. The fourth-order valence-electron chi connectivity index (χ4n) is 4.00. The van der Waals surface area contributed by atoms with Crippen LogP contribution in [-0.2, 0) is 4.79 Å². The van der Waals surface area contributed by atoms with E-state index in [1.807, 2.05) is 0 Å². The van der Waals surface area contributed by atoms with Gasteiger partial charge in [0.2, 0.25) is 5.91 Å². The molecule has 2 bridgehead atoms. The first-order chi connectivity index (χ1) is 10.3. The number of hydrogen-bond donors (Lipinski definition) is 2. The molecule has 0 spiro atoms. The number of hydrogen-bond acceptors (Lipinski definition) is 2. The lowest BCUT2D eigenvalue weighted by atomic mass is 9.72. The number of amides is 2. The number of nitrogens with two attached hydrogens (primary N) is 1. The largest absolute Gasteiger partial charge is 0.369 e. The van der Waals surface area contributed by atoms with Gasteiger partial charge in [0, 0.05) is 17.2 Å². The van der Waals surface area contributed by atoms with Crippen LogP contribution in [0.4, 0.5) is 8.78 Å². The van der Waals surface area contributed by atoms with Crippen molar-refractivity contribution >= 4 is 11.8 Å². The van der Waals surface area contributed by atoms with Gasteiger partial charge >= 0.3 is 0 Å². The van der Waals surface area contributed by atoms with E-state index in [0.29, 0.717) is 19.3 Å². The average molecular weight is 308 g/mol. The van der Waals surface area contributed by atoms with Crippen LogP contribution in [0.3, 0.4) is 0 Å². The number of nitrogens with one attached hydrogen (secondary N) is 1. The summed E-state index contributed by atoms with van der Waals surface area (Å²) in [7, 11) is 0. The molecule has 2 aliphatic carbocycles. The highest BCUT2D eigenvalue weighted by atomic mass is 19.1. The zero-order chi connectivity index (χ0) is 16.0. The quantitative estimate of drug-likeness (QED) is 0.899. The van der Waals surface area contributed by atoms with Crippen molar-refractivity contribution < 1.29 is 18.4 Å². The van der Waals surface area contributed by atoms with Crippen LogP contribution in [0, 0.1) is 17.0 Å². The molecule has 0 heterocycles. The van der Waals surface area contributed by atoms with Gasteiger partial charge in [0.1, 0.15) is 11.6 Å². The molecule has 1 aromatic rings. The van der Waals surface area contributed by atoms with E-state index in [0.717, 1.165) is 37.5 Å². The summed E-state index contributed by atoms with van der Waals surface area (Å²) in [5.41, 5.74) is 4.45. The minimum atomic E-state index is -0.788. The van der Waals surface area contributed by atoms with Crippen LogP contribution in [0.1, 0.15) is 48.9 Å². The molecule has 3 N–H and O–H groups in total. The number of primary amides is 1. The van der Waals surface area contributed by atoms with Gasteiger partial charge in [-0.15, -0.1) is 0 Å². The third kappa shape index (κ3) is 2.46. The molecule has 0 aromatic heterocycles. The Morgan fingerprint density at radius 2 is 1.73 bits per heavy atom. The van der Waals surface area contributed by atoms with Crippen LogP contribution in [-0.4, -0.2) is 17.4 Å². The first kappa shape index (κ1) is 14.9. The number of halogens is 2. The molecule has 4 nitrogen and oxygen atoms in total. The molecule has 2 aliphatic rings. The second-order valence-electron chi connectivity index (χ2n) is 6.57. The van der Waals surface area contributed by atoms with Crippen molar-refractivity contribution in [2.24, 2.45) is 11.1 Å². The third-order valence-corrected chi connectivity index (χ3v) is 5.10. The summed E-state index contributed by atoms with van der Waals surface area (Å²) in [5, 5.41) is 2.89. The van der Waals surface area contributed by atoms with Crippen LogP contribution in [0.25, 0.3) is 0 Å². The van der Waals surface area contributed by atoms with Crippen LogP contribution in [0.2, 0.25) is 0 Å². The number of fused-ring (bicyclic) bond motifs is 2. The van der Waals surface area contributed by atoms with Crippen molar-refractivity contribution in [3.8, 4) is 0 Å². The molecule has 6 heteroatoms. The van der Waals surface area contributed by atoms with E-state index in [4.69, 9.17) is 5.73 Å². The third-order valence-electron chi connectivity index (χ3n) is 5.10. The second-order valence-corrected chi connectivity index (χ2v) is 6.57. The van der Waals surface area contributed by atoms with Crippen molar-refractivity contribution in [3.05, 3.63) is 35.4 Å². The van der Waals surface area contributed by atoms with Gasteiger partial charge in [-0.25, -0.2) is 8.78 Å². The smallest absolute Gasteiger partial charge is 0.251 e. The van der Waals surface area contributed by atoms with Crippen molar-refractivity contribution in [1.82, 2.24) is 5.32 Å². The predicted molar refractivity (Wildman–Crippen MR) is 75.9 cm³/mol. The molecule has 3 rings (SSSR count). The maximum Gasteiger partial charge on any atom is 0.251 e. The van der Waals surface area contributed by atoms with E-state index in [-0.39, 0.29) is 11.5 Å². The fraction of sp³-hybridized carbons (Fsp3) is 0.500. The summed E-state index contributed by atoms with van der Waals surface area (Å²) in [4.78, 5) is 24.0. The summed E-state index contributed by atoms with van der Waals surface area (Å²) >= 11 is 0. The van der Waals surface area contributed by atoms with E-state index in [2.05, 4.69) is 5.32 Å². The highest BCUT2D eigenvalue weighted by molar-refractivity contribution is 5.95. The van der Waals surface area contributed by atoms with Crippen LogP contribution in [0.15, 0.2) is 18.2 Å². The average Bonchev–Trinajstić information content (AvgIpc) is 2.70. The standard InChI is InChI=1S/C16H18F2N2O2/c17-11-6-10(7-12(18)8-11)13(21)20-16-3-1-2-15(9-16,4-5-16)14(19)22/h6-8H,1-5,9H2,(H2,19,22)(H,20,21)/t15-,16+/m1/s1. The van der Waals surface area contributed by atoms with Crippen molar-refractivity contribution in [2.75, 3.05) is 0 Å². The number of rotatable bonds is 3. The van der Waals surface area contributed by atoms with Gasteiger partial charge in [0.05, 0.1) is 5.41 Å². The summed E-state index contributed by atoms with van der Waals surface area (Å²) in [6, 6.07) is 2.74. The zero-order valence-electron chi connectivity index (χ0n) is 12.1. The molecule has 0 saturated heterocycles. The first-order valence-electron chi connectivity index (χ1n) is 7.43. The minimum absolute atomic E-state index is 0.0472. The topological polar surface area (TPSA) is 72.2 Å². The molecule has 2 saturated carbocycles. The van der Waals surface area contributed by atoms with Crippen LogP contribution < -0.4 is 11.1 Å². The minimum Gasteiger partial charge on any atom is -0.369 e. The Morgan fingerprint density at radius 1 is 1.05 bits per heavy atom. The lowest BCUT2D eigenvalue weighted by Crippen LogP contribution is -2.51. The zero-order valence-corrected chi connectivity index (χ0v) is 12.1. The Labute approximate surface area is 127 Å². The normalized spacial score (nSPS) is 30.1. The molecule has 118 valence electrons. The van der Waals surface area contributed by atoms with Crippen LogP contribution >= 0.6 is 0 Å². The van der Waals surface area contributed by atoms with Crippen molar-refractivity contribution in [2.45, 2.75) is 44.1 Å². The number of carbonyl (C=O) groups is 2. The molecule has 2 fully saturated rings. The van der Waals surface area contributed by atoms with E-state index in [1.54, 1.807) is 0 Å². The molecule has 2 atom stereocenters. The highest BCUT2D eigenvalue weighted by Gasteiger charge is 2.54. The Hall–Kier alpha value is -1.98. The molecule has 0 aliphatic heterocycles. The van der Waals surface area contributed by atoms with Gasteiger partial charge in [0.15, 0.2) is 0 Å². The van der Waals surface area contributed by atoms with Gasteiger partial charge < -0.3 is 11.1 Å². The first-order valence-corrected chi connectivity index (χ1v) is 7.43. The summed E-state index contributed by atoms with van der Waals surface area (Å²) in [6.45, 7) is 0. The molecular formula is C16H18F2N2O2. The number of carbonyl (C=O) groups excluding carboxylic acids is 2. The van der Waals surface area contributed by atoms with Gasteiger partial charge in [-0.1, -0.05) is 6.42 Å². The van der Waals surface area contributed by atoms with Crippen molar-refractivity contribution in [3.63, 3.8) is 0 Å². The Kier molecular flexibility index (Phi) is 3.42. The van der Waals surface area contributed by atoms with Gasteiger partial charge in [-0.2, -0.15) is 0 Å². The van der Waals surface area contributed by atoms with E-state index < -0.39 is 28.5 Å². The second kappa shape index (κ2) is 5.04. The predicted octanol–water partition coefficient (Wildman–Crippen LogP) is 2.27. The highest BCUT2D eigenvalue weighted by Crippen LogP contribution is 2.53. The maximum absolute atomic E-state index is 13.2. The summed E-state index contributed by atoms with van der Waals surface area (Å²) in [5.74, 6) is -2.41. The van der Waals surface area contributed by atoms with Gasteiger partial charge in [-0.05, 0) is 44.2 Å². The summed E-state index contributed by atoms with van der Waals surface area (Å²) in [6.07, 6.45) is 4.14. The molecular weight excluding hydrogens is 290 g/mol. The molecule has 0 unspecified atom stereocenters. The molecule has 2 amide bonds. The number of benzene rings is 1. The van der Waals surface area contributed by atoms with Gasteiger partial charge in [-0.3, -0.25) is 9.59 Å². The van der Waals surface area contributed by atoms with E-state index in [9.17, 15) is 18.4 Å². The fourth-order valence-corrected chi connectivity index (χ4v) is 4.00. The van der Waals surface area contributed by atoms with E-state index in [1.165, 1.54) is 0 Å². The van der Waals surface area contributed by atoms with E-state index >= 15 is 0 Å². The maximum atomic E-state index is 13.2. The molecule has 1 aromatic carbocycles. The van der Waals surface area contributed by atoms with Crippen LogP contribution in [0.5, 0.6) is 0 Å². The van der Waals surface area contributed by atoms with Gasteiger partial charge in [0.25, 0.3) is 5.91 Å². The Morgan fingerprint density at radius 3 is 2.36 bits per heavy atom. The monoisotopic (exact) mass is 308 g/mol. The lowest BCUT2D eigenvalue weighted by Gasteiger charge is -2.38. The molecule has 22 heavy (non-hydrogen) atoms. The Bertz CT molecular complexity index is 629. The Balaban J connectivity index is 1.81. The SMILES string of the molecule is NC(=O)[C@]12CCC[C@](NC(=O)c3cc(F)cc(F)c3)(CC1)C2.